The van der Waals surface area contributed by atoms with Gasteiger partial charge in [0.15, 0.2) is 10.9 Å². The molecule has 0 aliphatic carbocycles. The summed E-state index contributed by atoms with van der Waals surface area (Å²) in [5.41, 5.74) is 7.59. The third-order valence-corrected chi connectivity index (χ3v) is 1.30. The van der Waals surface area contributed by atoms with Crippen molar-refractivity contribution in [2.45, 2.75) is 0 Å². The van der Waals surface area contributed by atoms with Gasteiger partial charge in [0, 0.05) is 19.4 Å². The number of nitrogens with two attached hydrogens (primary N) is 1. The summed E-state index contributed by atoms with van der Waals surface area (Å²) < 4.78 is 1.82. The number of hydrogen-bond acceptors (Lipinski definition) is 3. The first-order chi connectivity index (χ1) is 5.70. The molecule has 0 aromatic carbocycles. The van der Waals surface area contributed by atoms with E-state index in [1.54, 1.807) is 12.4 Å². The van der Waals surface area contributed by atoms with Crippen LogP contribution in [-0.2, 0) is 7.05 Å². The van der Waals surface area contributed by atoms with Crippen LogP contribution < -0.4 is 11.2 Å². The van der Waals surface area contributed by atoms with Crippen molar-refractivity contribution in [1.82, 2.24) is 15.0 Å². The van der Waals surface area contributed by atoms with Crippen molar-refractivity contribution in [3.05, 3.63) is 18.2 Å². The molecule has 0 spiro atoms. The number of hydrazone groups is 1. The van der Waals surface area contributed by atoms with Crippen molar-refractivity contribution < 1.29 is 0 Å². The molecule has 0 aliphatic heterocycles. The molecule has 1 aromatic heterocycles. The first-order valence-corrected chi connectivity index (χ1v) is 3.67. The van der Waals surface area contributed by atoms with Crippen LogP contribution in [0.4, 0.5) is 0 Å². The molecule has 0 aliphatic rings. The highest BCUT2D eigenvalue weighted by Crippen LogP contribution is 1.87. The third-order valence-electron chi connectivity index (χ3n) is 1.21. The van der Waals surface area contributed by atoms with Gasteiger partial charge < -0.3 is 10.3 Å². The molecule has 0 saturated heterocycles. The van der Waals surface area contributed by atoms with Crippen molar-refractivity contribution in [3.8, 4) is 0 Å². The Bertz CT molecular complexity index is 303. The van der Waals surface area contributed by atoms with Gasteiger partial charge in [-0.3, -0.25) is 5.43 Å². The second-order valence-electron chi connectivity index (χ2n) is 2.13. The molecule has 0 radical (unpaired) electrons. The Morgan fingerprint density at radius 2 is 2.67 bits per heavy atom. The maximum absolute atomic E-state index is 5.15. The van der Waals surface area contributed by atoms with Gasteiger partial charge in [-0.2, -0.15) is 5.10 Å². The Labute approximate surface area is 75.3 Å². The van der Waals surface area contributed by atoms with E-state index < -0.39 is 0 Å². The monoisotopic (exact) mass is 183 g/mol. The summed E-state index contributed by atoms with van der Waals surface area (Å²) in [7, 11) is 1.87. The Morgan fingerprint density at radius 1 is 1.92 bits per heavy atom. The maximum Gasteiger partial charge on any atom is 0.184 e. The van der Waals surface area contributed by atoms with E-state index in [0.717, 1.165) is 5.82 Å². The molecule has 3 N–H and O–H groups in total. The molecule has 5 nitrogen and oxygen atoms in total. The zero-order chi connectivity index (χ0) is 8.97. The SMILES string of the molecule is Cn1ccnc1/C=N\NC(N)=S. The van der Waals surface area contributed by atoms with Crippen LogP contribution in [0.3, 0.4) is 0 Å². The van der Waals surface area contributed by atoms with E-state index in [4.69, 9.17) is 5.73 Å². The number of hydrogen-bond donors (Lipinski definition) is 2. The fourth-order valence-electron chi connectivity index (χ4n) is 0.655. The van der Waals surface area contributed by atoms with Crippen molar-refractivity contribution in [2.75, 3.05) is 0 Å². The van der Waals surface area contributed by atoms with Crippen molar-refractivity contribution in [1.29, 1.82) is 0 Å². The summed E-state index contributed by atoms with van der Waals surface area (Å²) in [5.74, 6) is 0.735. The average Bonchev–Trinajstić information content (AvgIpc) is 2.36. The number of thiocarbonyl (C=S) groups is 1. The van der Waals surface area contributed by atoms with E-state index in [1.807, 2.05) is 17.8 Å². The molecule has 12 heavy (non-hydrogen) atoms. The van der Waals surface area contributed by atoms with E-state index in [-0.39, 0.29) is 5.11 Å². The lowest BCUT2D eigenvalue weighted by atomic mass is 10.7. The standard InChI is InChI=1S/C6H9N5S/c1-11-3-2-8-5(11)4-9-10-6(7)12/h2-4H,1H3,(H3,7,10,12)/b9-4-. The maximum atomic E-state index is 5.15. The van der Waals surface area contributed by atoms with Gasteiger partial charge >= 0.3 is 0 Å². The minimum atomic E-state index is 0.139. The Balaban J connectivity index is 2.57. The molecule has 0 amide bonds. The van der Waals surface area contributed by atoms with Gasteiger partial charge in [-0.05, 0) is 12.2 Å². The molecule has 0 atom stereocenters. The molecular formula is C6H9N5S. The molecule has 0 bridgehead atoms. The smallest absolute Gasteiger partial charge is 0.184 e. The fraction of sp³-hybridized carbons (Fsp3) is 0.167. The van der Waals surface area contributed by atoms with E-state index in [0.29, 0.717) is 0 Å². The highest BCUT2D eigenvalue weighted by atomic mass is 32.1. The number of aryl methyl sites for hydroxylation is 1. The molecular weight excluding hydrogens is 174 g/mol. The highest BCUT2D eigenvalue weighted by molar-refractivity contribution is 7.80. The fourth-order valence-corrected chi connectivity index (χ4v) is 0.708. The molecule has 0 saturated carbocycles. The lowest BCUT2D eigenvalue weighted by molar-refractivity contribution is 0.897. The Hall–Kier alpha value is -1.43. The van der Waals surface area contributed by atoms with Gasteiger partial charge in [0.1, 0.15) is 0 Å². The topological polar surface area (TPSA) is 68.2 Å². The van der Waals surface area contributed by atoms with Crippen molar-refractivity contribution in [2.24, 2.45) is 17.9 Å². The number of nitrogens with zero attached hydrogens (tertiary/aromatic N) is 3. The molecule has 64 valence electrons. The summed E-state index contributed by atoms with van der Waals surface area (Å²) >= 11 is 4.55. The number of imidazole rings is 1. The number of nitrogens with one attached hydrogen (secondary N) is 1. The summed E-state index contributed by atoms with van der Waals surface area (Å²) in [6.45, 7) is 0. The van der Waals surface area contributed by atoms with Crippen LogP contribution in [0.1, 0.15) is 5.82 Å². The quantitative estimate of drug-likeness (QED) is 0.371. The second-order valence-corrected chi connectivity index (χ2v) is 2.57. The van der Waals surface area contributed by atoms with E-state index in [1.165, 1.54) is 0 Å². The second kappa shape index (κ2) is 3.82. The number of rotatable bonds is 2. The molecule has 0 unspecified atom stereocenters. The van der Waals surface area contributed by atoms with Crippen molar-refractivity contribution >= 4 is 23.5 Å². The van der Waals surface area contributed by atoms with E-state index >= 15 is 0 Å². The minimum Gasteiger partial charge on any atom is -0.375 e. The molecule has 1 rings (SSSR count). The van der Waals surface area contributed by atoms with Gasteiger partial charge in [-0.25, -0.2) is 4.98 Å². The molecule has 1 heterocycles. The Morgan fingerprint density at radius 3 is 3.17 bits per heavy atom. The third kappa shape index (κ3) is 2.31. The minimum absolute atomic E-state index is 0.139. The first kappa shape index (κ1) is 8.66. The summed E-state index contributed by atoms with van der Waals surface area (Å²) in [5, 5.41) is 3.89. The van der Waals surface area contributed by atoms with Crippen molar-refractivity contribution in [3.63, 3.8) is 0 Å². The largest absolute Gasteiger partial charge is 0.375 e. The zero-order valence-corrected chi connectivity index (χ0v) is 7.38. The summed E-state index contributed by atoms with van der Waals surface area (Å²) in [6.07, 6.45) is 5.05. The molecule has 1 aromatic rings. The van der Waals surface area contributed by atoms with Gasteiger partial charge in [-0.1, -0.05) is 0 Å². The van der Waals surface area contributed by atoms with E-state index in [9.17, 15) is 0 Å². The van der Waals surface area contributed by atoms with Gasteiger partial charge in [0.05, 0.1) is 6.21 Å². The highest BCUT2D eigenvalue weighted by Gasteiger charge is 1.91. The lowest BCUT2D eigenvalue weighted by Gasteiger charge is -1.94. The normalized spacial score (nSPS) is 10.4. The van der Waals surface area contributed by atoms with E-state index in [2.05, 4.69) is 27.7 Å². The van der Waals surface area contributed by atoms with Gasteiger partial charge in [-0.15, -0.1) is 0 Å². The van der Waals surface area contributed by atoms with Crippen LogP contribution >= 0.6 is 12.2 Å². The van der Waals surface area contributed by atoms with Crippen LogP contribution in [0.15, 0.2) is 17.5 Å². The Kier molecular flexibility index (Phi) is 2.76. The van der Waals surface area contributed by atoms with Gasteiger partial charge in [0.25, 0.3) is 0 Å². The first-order valence-electron chi connectivity index (χ1n) is 3.26. The van der Waals surface area contributed by atoms with Crippen LogP contribution in [0.25, 0.3) is 0 Å². The van der Waals surface area contributed by atoms with Crippen LogP contribution in [-0.4, -0.2) is 20.9 Å². The number of aromatic nitrogens is 2. The molecule has 6 heteroatoms. The predicted molar refractivity (Wildman–Crippen MR) is 50.7 cm³/mol. The van der Waals surface area contributed by atoms with Crippen LogP contribution in [0.5, 0.6) is 0 Å². The average molecular weight is 183 g/mol. The van der Waals surface area contributed by atoms with Crippen LogP contribution in [0, 0.1) is 0 Å². The summed E-state index contributed by atoms with van der Waals surface area (Å²) in [6, 6.07) is 0. The predicted octanol–water partition coefficient (Wildman–Crippen LogP) is -0.413. The summed E-state index contributed by atoms with van der Waals surface area (Å²) in [4.78, 5) is 4.00. The lowest BCUT2D eigenvalue weighted by Crippen LogP contribution is -2.24. The van der Waals surface area contributed by atoms with Crippen LogP contribution in [0.2, 0.25) is 0 Å². The zero-order valence-electron chi connectivity index (χ0n) is 6.56. The molecule has 0 fully saturated rings. The van der Waals surface area contributed by atoms with Gasteiger partial charge in [0.2, 0.25) is 0 Å².